The Labute approximate surface area is 169 Å². The van der Waals surface area contributed by atoms with Crippen LogP contribution in [0.15, 0.2) is 83.9 Å². The van der Waals surface area contributed by atoms with Gasteiger partial charge in [-0.25, -0.2) is 4.99 Å². The Kier molecular flexibility index (Phi) is 6.80. The minimum atomic E-state index is 0.0370. The first-order valence-corrected chi connectivity index (χ1v) is 9.95. The number of hydrogen-bond donors (Lipinski definition) is 1. The first-order chi connectivity index (χ1) is 13.2. The molecule has 2 N–H and O–H groups in total. The average Bonchev–Trinajstić information content (AvgIpc) is 2.69. The van der Waals surface area contributed by atoms with Crippen molar-refractivity contribution in [1.82, 2.24) is 0 Å². The van der Waals surface area contributed by atoms with Gasteiger partial charge >= 0.3 is 0 Å². The van der Waals surface area contributed by atoms with E-state index < -0.39 is 0 Å². The van der Waals surface area contributed by atoms with Crippen LogP contribution in [0.25, 0.3) is 0 Å². The molecule has 138 valence electrons. The number of amidine groups is 1. The highest BCUT2D eigenvalue weighted by atomic mass is 35.5. The molecule has 3 rings (SSSR count). The van der Waals surface area contributed by atoms with Gasteiger partial charge in [0.05, 0.1) is 17.5 Å². The van der Waals surface area contributed by atoms with Gasteiger partial charge in [0.1, 0.15) is 5.75 Å². The van der Waals surface area contributed by atoms with E-state index in [0.717, 1.165) is 22.6 Å². The van der Waals surface area contributed by atoms with Gasteiger partial charge in [-0.3, -0.25) is 0 Å². The molecule has 0 aliphatic heterocycles. The van der Waals surface area contributed by atoms with Crippen molar-refractivity contribution in [2.45, 2.75) is 12.2 Å². The highest BCUT2D eigenvalue weighted by Gasteiger charge is 2.16. The molecule has 0 bridgehead atoms. The number of halogens is 1. The van der Waals surface area contributed by atoms with Gasteiger partial charge in [0, 0.05) is 5.02 Å². The molecule has 0 aromatic heterocycles. The number of aliphatic imine (C=N–C) groups is 1. The highest BCUT2D eigenvalue weighted by Crippen LogP contribution is 2.36. The van der Waals surface area contributed by atoms with Gasteiger partial charge in [0.2, 0.25) is 0 Å². The third-order valence-corrected chi connectivity index (χ3v) is 5.27. The minimum Gasteiger partial charge on any atom is -0.494 e. The van der Waals surface area contributed by atoms with E-state index in [9.17, 15) is 0 Å². The molecular weight excluding hydrogens is 376 g/mol. The molecule has 5 heteroatoms. The van der Waals surface area contributed by atoms with Crippen molar-refractivity contribution in [3.8, 4) is 5.75 Å². The number of ether oxygens (including phenoxy) is 1. The summed E-state index contributed by atoms with van der Waals surface area (Å²) in [6, 6.07) is 25.7. The summed E-state index contributed by atoms with van der Waals surface area (Å²) in [6.45, 7) is 2.60. The van der Waals surface area contributed by atoms with E-state index in [0.29, 0.717) is 16.8 Å². The van der Waals surface area contributed by atoms with Gasteiger partial charge in [-0.15, -0.1) is 0 Å². The summed E-state index contributed by atoms with van der Waals surface area (Å²) >= 11 is 7.56. The third kappa shape index (κ3) is 5.52. The molecule has 0 spiro atoms. The fourth-order valence-corrected chi connectivity index (χ4v) is 3.76. The van der Waals surface area contributed by atoms with Gasteiger partial charge in [0.25, 0.3) is 0 Å². The second-order valence-corrected chi connectivity index (χ2v) is 7.40. The van der Waals surface area contributed by atoms with Crippen LogP contribution in [0.3, 0.4) is 0 Å². The van der Waals surface area contributed by atoms with E-state index >= 15 is 0 Å². The van der Waals surface area contributed by atoms with Crippen molar-refractivity contribution in [1.29, 1.82) is 0 Å². The van der Waals surface area contributed by atoms with Crippen LogP contribution < -0.4 is 10.5 Å². The van der Waals surface area contributed by atoms with Gasteiger partial charge in [-0.05, 0) is 54.4 Å². The van der Waals surface area contributed by atoms with Gasteiger partial charge < -0.3 is 10.5 Å². The largest absolute Gasteiger partial charge is 0.494 e. The van der Waals surface area contributed by atoms with E-state index in [4.69, 9.17) is 22.1 Å². The van der Waals surface area contributed by atoms with E-state index in [-0.39, 0.29) is 5.25 Å². The lowest BCUT2D eigenvalue weighted by molar-refractivity contribution is 0.340. The van der Waals surface area contributed by atoms with Crippen LogP contribution >= 0.6 is 23.4 Å². The second kappa shape index (κ2) is 9.49. The van der Waals surface area contributed by atoms with Crippen molar-refractivity contribution >= 4 is 34.2 Å². The topological polar surface area (TPSA) is 47.6 Å². The number of hydrogen-bond acceptors (Lipinski definition) is 3. The lowest BCUT2D eigenvalue weighted by atomic mass is 10.0. The van der Waals surface area contributed by atoms with Crippen LogP contribution in [0.4, 0.5) is 5.69 Å². The highest BCUT2D eigenvalue weighted by molar-refractivity contribution is 8.14. The Bertz CT molecular complexity index is 880. The van der Waals surface area contributed by atoms with Crippen LogP contribution in [0, 0.1) is 0 Å². The summed E-state index contributed by atoms with van der Waals surface area (Å²) in [5.41, 5.74) is 9.35. The van der Waals surface area contributed by atoms with E-state index in [1.54, 1.807) is 0 Å². The summed E-state index contributed by atoms with van der Waals surface area (Å²) in [6.07, 6.45) is 0. The smallest absolute Gasteiger partial charge is 0.160 e. The zero-order valence-corrected chi connectivity index (χ0v) is 16.6. The molecule has 0 unspecified atom stereocenters. The number of thioether (sulfide) groups is 1. The maximum Gasteiger partial charge on any atom is 0.160 e. The van der Waals surface area contributed by atoms with E-state index in [1.165, 1.54) is 11.8 Å². The molecule has 0 amide bonds. The van der Waals surface area contributed by atoms with Gasteiger partial charge in [-0.2, -0.15) is 0 Å². The fraction of sp³-hybridized carbons (Fsp3) is 0.136. The van der Waals surface area contributed by atoms with Crippen LogP contribution in [0.1, 0.15) is 23.3 Å². The van der Waals surface area contributed by atoms with Crippen LogP contribution in [-0.4, -0.2) is 11.8 Å². The van der Waals surface area contributed by atoms with Crippen LogP contribution in [0.2, 0.25) is 5.02 Å². The zero-order chi connectivity index (χ0) is 19.1. The molecule has 0 aliphatic carbocycles. The second-order valence-electron chi connectivity index (χ2n) is 5.84. The Morgan fingerprint density at radius 2 is 1.59 bits per heavy atom. The molecule has 1 atom stereocenters. The van der Waals surface area contributed by atoms with Crippen molar-refractivity contribution in [2.75, 3.05) is 6.61 Å². The zero-order valence-electron chi connectivity index (χ0n) is 15.0. The predicted molar refractivity (Wildman–Crippen MR) is 116 cm³/mol. The summed E-state index contributed by atoms with van der Waals surface area (Å²) in [4.78, 5) is 4.54. The predicted octanol–water partition coefficient (Wildman–Crippen LogP) is 6.21. The molecule has 0 heterocycles. The number of benzene rings is 3. The summed E-state index contributed by atoms with van der Waals surface area (Å²) < 4.78 is 5.46. The minimum absolute atomic E-state index is 0.0370. The molecule has 0 fully saturated rings. The van der Waals surface area contributed by atoms with Crippen molar-refractivity contribution in [2.24, 2.45) is 10.7 Å². The summed E-state index contributed by atoms with van der Waals surface area (Å²) in [5.74, 6) is 0.825. The Morgan fingerprint density at radius 1 is 0.963 bits per heavy atom. The summed E-state index contributed by atoms with van der Waals surface area (Å²) in [7, 11) is 0. The normalized spacial score (nSPS) is 12.6. The van der Waals surface area contributed by atoms with Crippen molar-refractivity contribution in [3.05, 3.63) is 95.0 Å². The first kappa shape index (κ1) is 19.3. The SMILES string of the molecule is CCOc1ccc(N=C(N)S[C@@H](c2ccccc2)c2ccc(Cl)cc2)cc1. The summed E-state index contributed by atoms with van der Waals surface area (Å²) in [5, 5.41) is 1.25. The lowest BCUT2D eigenvalue weighted by Gasteiger charge is -2.17. The molecule has 3 aromatic carbocycles. The molecule has 3 aromatic rings. The first-order valence-electron chi connectivity index (χ1n) is 8.70. The lowest BCUT2D eigenvalue weighted by Crippen LogP contribution is -2.10. The third-order valence-electron chi connectivity index (χ3n) is 3.90. The molecule has 0 saturated carbocycles. The Morgan fingerprint density at radius 3 is 2.22 bits per heavy atom. The van der Waals surface area contributed by atoms with Gasteiger partial charge in [0.15, 0.2) is 5.17 Å². The quantitative estimate of drug-likeness (QED) is 0.398. The van der Waals surface area contributed by atoms with Crippen LogP contribution in [0.5, 0.6) is 5.75 Å². The van der Waals surface area contributed by atoms with Gasteiger partial charge in [-0.1, -0.05) is 65.8 Å². The van der Waals surface area contributed by atoms with Crippen molar-refractivity contribution in [3.63, 3.8) is 0 Å². The molecule has 27 heavy (non-hydrogen) atoms. The Hall–Kier alpha value is -2.43. The number of rotatable bonds is 6. The maximum absolute atomic E-state index is 6.26. The van der Waals surface area contributed by atoms with Crippen LogP contribution in [-0.2, 0) is 0 Å². The number of nitrogens with two attached hydrogens (primary N) is 1. The fourth-order valence-electron chi connectivity index (χ4n) is 2.65. The standard InChI is InChI=1S/C22H21ClN2OS/c1-2-26-20-14-12-19(13-15-20)25-22(24)27-21(16-6-4-3-5-7-16)17-8-10-18(23)11-9-17/h3-15,21H,2H2,1H3,(H2,24,25)/t21-/m0/s1. The Balaban J connectivity index is 1.83. The monoisotopic (exact) mass is 396 g/mol. The molecule has 0 radical (unpaired) electrons. The average molecular weight is 397 g/mol. The van der Waals surface area contributed by atoms with Crippen molar-refractivity contribution < 1.29 is 4.74 Å². The van der Waals surface area contributed by atoms with E-state index in [1.807, 2.05) is 73.7 Å². The maximum atomic E-state index is 6.26. The molecule has 0 saturated heterocycles. The molecular formula is C22H21ClN2OS. The molecule has 3 nitrogen and oxygen atoms in total. The van der Waals surface area contributed by atoms with E-state index in [2.05, 4.69) is 17.1 Å². The number of nitrogens with zero attached hydrogens (tertiary/aromatic N) is 1. The molecule has 0 aliphatic rings.